The van der Waals surface area contributed by atoms with Crippen molar-refractivity contribution in [3.8, 4) is 0 Å². The summed E-state index contributed by atoms with van der Waals surface area (Å²) in [5, 5.41) is 3.90. The summed E-state index contributed by atoms with van der Waals surface area (Å²) in [4.78, 5) is 11.9. The van der Waals surface area contributed by atoms with Crippen LogP contribution in [0.1, 0.15) is 18.2 Å². The Balaban J connectivity index is 2.29. The van der Waals surface area contributed by atoms with Crippen molar-refractivity contribution in [1.82, 2.24) is 5.32 Å². The number of para-hydroxylation sites is 1. The molecule has 19 heavy (non-hydrogen) atoms. The molecule has 1 amide bonds. The molecule has 2 rings (SSSR count). The largest absolute Gasteiger partial charge is 0.461 e. The number of amides is 1. The molecule has 1 atom stereocenters. The second kappa shape index (κ2) is 5.89. The molecule has 3 N–H and O–H groups in total. The molecule has 0 spiro atoms. The summed E-state index contributed by atoms with van der Waals surface area (Å²) in [5.41, 5.74) is 7.67. The van der Waals surface area contributed by atoms with Crippen molar-refractivity contribution in [2.75, 3.05) is 13.1 Å². The lowest BCUT2D eigenvalue weighted by Crippen LogP contribution is -2.36. The molecule has 0 saturated heterocycles. The van der Waals surface area contributed by atoms with Gasteiger partial charge in [0, 0.05) is 24.0 Å². The minimum absolute atomic E-state index is 0.00896. The minimum atomic E-state index is -0.209. The van der Waals surface area contributed by atoms with Crippen molar-refractivity contribution in [1.29, 1.82) is 0 Å². The second-order valence-corrected chi connectivity index (χ2v) is 4.66. The molecule has 4 nitrogen and oxygen atoms in total. The number of carbonyl (C=O) groups is 1. The molecule has 1 unspecified atom stereocenters. The maximum absolute atomic E-state index is 11.9. The first-order valence-corrected chi connectivity index (χ1v) is 6.62. The van der Waals surface area contributed by atoms with E-state index in [1.54, 1.807) is 0 Å². The van der Waals surface area contributed by atoms with E-state index in [2.05, 4.69) is 5.32 Å². The zero-order chi connectivity index (χ0) is 13.8. The van der Waals surface area contributed by atoms with Gasteiger partial charge in [0.2, 0.25) is 5.91 Å². The topological polar surface area (TPSA) is 68.3 Å². The molecule has 0 saturated carbocycles. The van der Waals surface area contributed by atoms with Crippen molar-refractivity contribution in [2.24, 2.45) is 11.7 Å². The van der Waals surface area contributed by atoms with Crippen molar-refractivity contribution in [3.63, 3.8) is 0 Å². The fourth-order valence-electron chi connectivity index (χ4n) is 2.32. The number of furan rings is 1. The van der Waals surface area contributed by atoms with Gasteiger partial charge in [-0.2, -0.15) is 0 Å². The third kappa shape index (κ3) is 2.79. The summed E-state index contributed by atoms with van der Waals surface area (Å²) in [5.74, 6) is 0.665. The molecule has 0 aliphatic rings. The van der Waals surface area contributed by atoms with Gasteiger partial charge in [0.05, 0.1) is 5.92 Å². The molecule has 102 valence electrons. The van der Waals surface area contributed by atoms with Crippen LogP contribution < -0.4 is 11.1 Å². The molecule has 0 aliphatic carbocycles. The highest BCUT2D eigenvalue weighted by atomic mass is 16.3. The molecule has 2 aromatic rings. The lowest BCUT2D eigenvalue weighted by molar-refractivity contribution is -0.124. The fraction of sp³-hybridized carbons (Fsp3) is 0.400. The van der Waals surface area contributed by atoms with E-state index in [-0.39, 0.29) is 11.8 Å². The molecule has 0 radical (unpaired) electrons. The Hall–Kier alpha value is -1.81. The van der Waals surface area contributed by atoms with Gasteiger partial charge < -0.3 is 15.5 Å². The molecule has 4 heteroatoms. The number of benzene rings is 1. The van der Waals surface area contributed by atoms with Gasteiger partial charge in [-0.3, -0.25) is 4.79 Å². The van der Waals surface area contributed by atoms with Gasteiger partial charge in [0.15, 0.2) is 0 Å². The molecular formula is C15H20N2O2. The van der Waals surface area contributed by atoms with Crippen molar-refractivity contribution in [2.45, 2.75) is 20.3 Å². The third-order valence-corrected chi connectivity index (χ3v) is 3.36. The van der Waals surface area contributed by atoms with Gasteiger partial charge in [-0.15, -0.1) is 0 Å². The molecule has 0 bridgehead atoms. The van der Waals surface area contributed by atoms with Gasteiger partial charge in [-0.1, -0.05) is 18.2 Å². The average Bonchev–Trinajstić information content (AvgIpc) is 2.72. The van der Waals surface area contributed by atoms with Crippen LogP contribution in [0.2, 0.25) is 0 Å². The fourth-order valence-corrected chi connectivity index (χ4v) is 2.32. The van der Waals surface area contributed by atoms with E-state index in [4.69, 9.17) is 10.2 Å². The SMILES string of the molecule is CCNC(=O)C(CN)Cc1c(C)oc2ccccc12. The highest BCUT2D eigenvalue weighted by molar-refractivity contribution is 5.84. The van der Waals surface area contributed by atoms with Crippen LogP contribution in [-0.2, 0) is 11.2 Å². The van der Waals surface area contributed by atoms with Gasteiger partial charge in [-0.25, -0.2) is 0 Å². The Morgan fingerprint density at radius 3 is 2.84 bits per heavy atom. The number of rotatable bonds is 5. The van der Waals surface area contributed by atoms with E-state index < -0.39 is 0 Å². The first-order chi connectivity index (χ1) is 9.17. The quantitative estimate of drug-likeness (QED) is 0.864. The number of hydrogen-bond donors (Lipinski definition) is 2. The zero-order valence-electron chi connectivity index (χ0n) is 11.4. The molecule has 0 aliphatic heterocycles. The summed E-state index contributed by atoms with van der Waals surface area (Å²) in [7, 11) is 0. The third-order valence-electron chi connectivity index (χ3n) is 3.36. The minimum Gasteiger partial charge on any atom is -0.461 e. The summed E-state index contributed by atoms with van der Waals surface area (Å²) in [6.07, 6.45) is 0.616. The predicted octanol–water partition coefficient (Wildman–Crippen LogP) is 1.99. The standard InChI is InChI=1S/C15H20N2O2/c1-3-17-15(18)11(9-16)8-13-10(2)19-14-7-5-4-6-12(13)14/h4-7,11H,3,8-9,16H2,1-2H3,(H,17,18). The van der Waals surface area contributed by atoms with Crippen LogP contribution in [0.4, 0.5) is 0 Å². The van der Waals surface area contributed by atoms with Crippen molar-refractivity contribution < 1.29 is 9.21 Å². The van der Waals surface area contributed by atoms with Crippen LogP contribution in [0, 0.1) is 12.8 Å². The van der Waals surface area contributed by atoms with Crippen LogP contribution in [0.25, 0.3) is 11.0 Å². The summed E-state index contributed by atoms with van der Waals surface area (Å²) in [6.45, 7) is 4.80. The lowest BCUT2D eigenvalue weighted by Gasteiger charge is -2.13. The number of carbonyl (C=O) groups excluding carboxylic acids is 1. The van der Waals surface area contributed by atoms with Crippen LogP contribution in [0.5, 0.6) is 0 Å². The van der Waals surface area contributed by atoms with Crippen LogP contribution in [0.15, 0.2) is 28.7 Å². The number of hydrogen-bond acceptors (Lipinski definition) is 3. The number of nitrogens with one attached hydrogen (secondary N) is 1. The normalized spacial score (nSPS) is 12.6. The first-order valence-electron chi connectivity index (χ1n) is 6.62. The molecule has 1 aromatic heterocycles. The highest BCUT2D eigenvalue weighted by Gasteiger charge is 2.20. The Morgan fingerprint density at radius 2 is 2.16 bits per heavy atom. The van der Waals surface area contributed by atoms with Gasteiger partial charge in [0.25, 0.3) is 0 Å². The Bertz CT molecular complexity index is 575. The van der Waals surface area contributed by atoms with Gasteiger partial charge >= 0.3 is 0 Å². The van der Waals surface area contributed by atoms with Crippen molar-refractivity contribution in [3.05, 3.63) is 35.6 Å². The Morgan fingerprint density at radius 1 is 1.42 bits per heavy atom. The van der Waals surface area contributed by atoms with E-state index in [0.29, 0.717) is 19.5 Å². The molecule has 1 heterocycles. The van der Waals surface area contributed by atoms with Crippen LogP contribution >= 0.6 is 0 Å². The number of fused-ring (bicyclic) bond motifs is 1. The first kappa shape index (κ1) is 13.6. The van der Waals surface area contributed by atoms with E-state index in [1.807, 2.05) is 38.1 Å². The van der Waals surface area contributed by atoms with E-state index >= 15 is 0 Å². The van der Waals surface area contributed by atoms with Gasteiger partial charge in [-0.05, 0) is 26.3 Å². The summed E-state index contributed by atoms with van der Waals surface area (Å²) < 4.78 is 5.71. The number of aryl methyl sites for hydroxylation is 1. The van der Waals surface area contributed by atoms with E-state index in [1.165, 1.54) is 0 Å². The van der Waals surface area contributed by atoms with Crippen molar-refractivity contribution >= 4 is 16.9 Å². The maximum atomic E-state index is 11.9. The maximum Gasteiger partial charge on any atom is 0.224 e. The summed E-state index contributed by atoms with van der Waals surface area (Å²) >= 11 is 0. The molecular weight excluding hydrogens is 240 g/mol. The predicted molar refractivity (Wildman–Crippen MR) is 75.9 cm³/mol. The van der Waals surface area contributed by atoms with Crippen LogP contribution in [-0.4, -0.2) is 19.0 Å². The highest BCUT2D eigenvalue weighted by Crippen LogP contribution is 2.27. The summed E-state index contributed by atoms with van der Waals surface area (Å²) in [6, 6.07) is 7.88. The lowest BCUT2D eigenvalue weighted by atomic mass is 9.96. The monoisotopic (exact) mass is 260 g/mol. The molecule has 0 fully saturated rings. The van der Waals surface area contributed by atoms with Crippen LogP contribution in [0.3, 0.4) is 0 Å². The Kier molecular flexibility index (Phi) is 4.22. The van der Waals surface area contributed by atoms with Gasteiger partial charge in [0.1, 0.15) is 11.3 Å². The smallest absolute Gasteiger partial charge is 0.224 e. The second-order valence-electron chi connectivity index (χ2n) is 4.66. The average molecular weight is 260 g/mol. The van der Waals surface area contributed by atoms with E-state index in [9.17, 15) is 4.79 Å². The number of nitrogens with two attached hydrogens (primary N) is 1. The molecule has 1 aromatic carbocycles. The van der Waals surface area contributed by atoms with E-state index in [0.717, 1.165) is 22.3 Å². The Labute approximate surface area is 113 Å². The zero-order valence-corrected chi connectivity index (χ0v) is 11.4.